The van der Waals surface area contributed by atoms with Crippen LogP contribution in [0.4, 0.5) is 0 Å². The summed E-state index contributed by atoms with van der Waals surface area (Å²) >= 11 is 2.99. The lowest BCUT2D eigenvalue weighted by Gasteiger charge is -2.32. The minimum Gasteiger partial charge on any atom is -0.426 e. The van der Waals surface area contributed by atoms with E-state index in [1.807, 2.05) is 26.2 Å². The van der Waals surface area contributed by atoms with Crippen LogP contribution in [0.1, 0.15) is 58.7 Å². The van der Waals surface area contributed by atoms with Crippen LogP contribution in [0.2, 0.25) is 0 Å². The third-order valence-corrected chi connectivity index (χ3v) is 9.29. The van der Waals surface area contributed by atoms with Crippen molar-refractivity contribution in [2.45, 2.75) is 64.4 Å². The predicted octanol–water partition coefficient (Wildman–Crippen LogP) is 7.34. The summed E-state index contributed by atoms with van der Waals surface area (Å²) in [5, 5.41) is 0. The largest absolute Gasteiger partial charge is 0.426 e. The Bertz CT molecular complexity index is 1190. The van der Waals surface area contributed by atoms with Gasteiger partial charge in [0.2, 0.25) is 0 Å². The van der Waals surface area contributed by atoms with E-state index in [1.54, 1.807) is 35.6 Å². The monoisotopic (exact) mass is 504 g/mol. The molecule has 3 aromatic rings. The predicted molar refractivity (Wildman–Crippen MR) is 139 cm³/mol. The molecule has 0 amide bonds. The summed E-state index contributed by atoms with van der Waals surface area (Å²) in [6, 6.07) is 15.3. The number of hydrogen-bond acceptors (Lipinski definition) is 6. The lowest BCUT2D eigenvalue weighted by atomic mass is 9.74. The van der Waals surface area contributed by atoms with Gasteiger partial charge in [0.15, 0.2) is 0 Å². The molecule has 3 rings (SSSR count). The Hall–Kier alpha value is -1.80. The van der Waals surface area contributed by atoms with Gasteiger partial charge in [0.1, 0.15) is 12.4 Å². The average molecular weight is 505 g/mol. The standard InChI is InChI=1S/C26H32O4S3/c1-7-26(8-2,21-11-14-23(30-31-6)19(4)15-21)25-16-20(5)24(32-25)17-29-33(27,28)22-12-9-18(3)10-13-22/h9-16H,7-8,17H2,1-6H3. The summed E-state index contributed by atoms with van der Waals surface area (Å²) in [4.78, 5) is 2.35. The fourth-order valence-electron chi connectivity index (χ4n) is 4.08. The normalized spacial score (nSPS) is 12.2. The number of aryl methyl sites for hydroxylation is 3. The topological polar surface area (TPSA) is 52.6 Å². The molecule has 0 bridgehead atoms. The Morgan fingerprint density at radius 1 is 0.939 bits per heavy atom. The van der Waals surface area contributed by atoms with Crippen LogP contribution < -0.4 is 4.18 Å². The van der Waals surface area contributed by atoms with Gasteiger partial charge < -0.3 is 4.18 Å². The number of benzene rings is 2. The van der Waals surface area contributed by atoms with Gasteiger partial charge in [0, 0.05) is 21.4 Å². The van der Waals surface area contributed by atoms with Crippen LogP contribution in [0.5, 0.6) is 5.75 Å². The number of rotatable bonds is 10. The van der Waals surface area contributed by atoms with Crippen LogP contribution in [-0.2, 0) is 26.3 Å². The van der Waals surface area contributed by atoms with Crippen molar-refractivity contribution in [3.05, 3.63) is 80.5 Å². The number of thiophene rings is 1. The van der Waals surface area contributed by atoms with Gasteiger partial charge >= 0.3 is 0 Å². The molecule has 0 aliphatic rings. The zero-order chi connectivity index (χ0) is 24.2. The number of hydrogen-bond donors (Lipinski definition) is 0. The minimum atomic E-state index is -3.81. The van der Waals surface area contributed by atoms with Crippen molar-refractivity contribution in [3.63, 3.8) is 0 Å². The van der Waals surface area contributed by atoms with E-state index in [9.17, 15) is 8.42 Å². The molecule has 0 aliphatic heterocycles. The summed E-state index contributed by atoms with van der Waals surface area (Å²) in [5.74, 6) is 0.880. The molecule has 0 fully saturated rings. The van der Waals surface area contributed by atoms with Crippen molar-refractivity contribution >= 4 is 33.5 Å². The SMILES string of the molecule is CCC(CC)(c1ccc(OSC)c(C)c1)c1cc(C)c(COS(=O)(=O)c2ccc(C)cc2)s1. The maximum atomic E-state index is 12.7. The first-order valence-corrected chi connectivity index (χ1v) is 14.4. The first kappa shape index (κ1) is 25.8. The van der Waals surface area contributed by atoms with Crippen molar-refractivity contribution in [2.24, 2.45) is 0 Å². The first-order chi connectivity index (χ1) is 15.7. The van der Waals surface area contributed by atoms with Crippen LogP contribution in [0.25, 0.3) is 0 Å². The molecule has 0 spiro atoms. The lowest BCUT2D eigenvalue weighted by molar-refractivity contribution is 0.310. The highest BCUT2D eigenvalue weighted by Gasteiger charge is 2.33. The second-order valence-corrected chi connectivity index (χ2v) is 11.5. The fraction of sp³-hybridized carbons (Fsp3) is 0.385. The van der Waals surface area contributed by atoms with E-state index in [0.717, 1.165) is 40.2 Å². The first-order valence-electron chi connectivity index (χ1n) is 11.0. The average Bonchev–Trinajstić information content (AvgIpc) is 3.16. The van der Waals surface area contributed by atoms with Crippen molar-refractivity contribution in [3.8, 4) is 5.75 Å². The van der Waals surface area contributed by atoms with Crippen LogP contribution in [-0.4, -0.2) is 14.7 Å². The second kappa shape index (κ2) is 10.6. The van der Waals surface area contributed by atoms with Gasteiger partial charge in [-0.15, -0.1) is 11.3 Å². The van der Waals surface area contributed by atoms with Crippen molar-refractivity contribution in [1.82, 2.24) is 0 Å². The van der Waals surface area contributed by atoms with Crippen molar-refractivity contribution in [1.29, 1.82) is 0 Å². The van der Waals surface area contributed by atoms with E-state index in [1.165, 1.54) is 22.5 Å². The molecule has 0 unspecified atom stereocenters. The van der Waals surface area contributed by atoms with E-state index in [-0.39, 0.29) is 16.9 Å². The smallest absolute Gasteiger partial charge is 0.297 e. The molecule has 7 heteroatoms. The molecule has 0 aliphatic carbocycles. The Labute approximate surface area is 206 Å². The third kappa shape index (κ3) is 5.48. The molecule has 33 heavy (non-hydrogen) atoms. The van der Waals surface area contributed by atoms with Crippen LogP contribution >= 0.6 is 23.4 Å². The van der Waals surface area contributed by atoms with Gasteiger partial charge in [-0.2, -0.15) is 8.42 Å². The van der Waals surface area contributed by atoms with Gasteiger partial charge in [-0.3, -0.25) is 4.18 Å². The maximum absolute atomic E-state index is 12.7. The molecule has 1 heterocycles. The molecule has 2 aromatic carbocycles. The molecule has 0 N–H and O–H groups in total. The van der Waals surface area contributed by atoms with E-state index < -0.39 is 10.1 Å². The summed E-state index contributed by atoms with van der Waals surface area (Å²) in [6.45, 7) is 10.5. The Balaban J connectivity index is 1.90. The molecular weight excluding hydrogens is 472 g/mol. The zero-order valence-electron chi connectivity index (χ0n) is 20.1. The van der Waals surface area contributed by atoms with Crippen LogP contribution in [0.15, 0.2) is 53.4 Å². The minimum absolute atomic E-state index is 0.0374. The molecule has 178 valence electrons. The molecule has 0 atom stereocenters. The molecule has 0 saturated carbocycles. The maximum Gasteiger partial charge on any atom is 0.297 e. The Kier molecular flexibility index (Phi) is 8.32. The van der Waals surface area contributed by atoms with Gasteiger partial charge in [-0.25, -0.2) is 0 Å². The van der Waals surface area contributed by atoms with Crippen LogP contribution in [0, 0.1) is 20.8 Å². The second-order valence-electron chi connectivity index (χ2n) is 8.27. The van der Waals surface area contributed by atoms with Gasteiger partial charge in [-0.05, 0) is 74.6 Å². The highest BCUT2D eigenvalue weighted by Crippen LogP contribution is 2.44. The van der Waals surface area contributed by atoms with Gasteiger partial charge in [0.05, 0.1) is 16.9 Å². The quantitative estimate of drug-likeness (QED) is 0.213. The Morgan fingerprint density at radius 3 is 2.18 bits per heavy atom. The van der Waals surface area contributed by atoms with E-state index >= 15 is 0 Å². The van der Waals surface area contributed by atoms with E-state index in [0.29, 0.717) is 0 Å². The van der Waals surface area contributed by atoms with Gasteiger partial charge in [0.25, 0.3) is 10.1 Å². The van der Waals surface area contributed by atoms with Crippen LogP contribution in [0.3, 0.4) is 0 Å². The summed E-state index contributed by atoms with van der Waals surface area (Å²) in [5.41, 5.74) is 4.27. The highest BCUT2D eigenvalue weighted by atomic mass is 32.2. The molecule has 0 saturated heterocycles. The summed E-state index contributed by atoms with van der Waals surface area (Å²) in [6.07, 6.45) is 3.79. The summed E-state index contributed by atoms with van der Waals surface area (Å²) < 4.78 is 36.4. The molecular formula is C26H32O4S3. The third-order valence-electron chi connectivity index (χ3n) is 6.25. The van der Waals surface area contributed by atoms with Crippen molar-refractivity contribution < 1.29 is 16.8 Å². The van der Waals surface area contributed by atoms with Crippen molar-refractivity contribution in [2.75, 3.05) is 6.26 Å². The zero-order valence-corrected chi connectivity index (χ0v) is 22.5. The molecule has 4 nitrogen and oxygen atoms in total. The fourth-order valence-corrected chi connectivity index (χ4v) is 6.84. The van der Waals surface area contributed by atoms with Gasteiger partial charge in [-0.1, -0.05) is 43.7 Å². The Morgan fingerprint density at radius 2 is 1.61 bits per heavy atom. The summed E-state index contributed by atoms with van der Waals surface area (Å²) in [7, 11) is -3.81. The lowest BCUT2D eigenvalue weighted by Crippen LogP contribution is -2.25. The van der Waals surface area contributed by atoms with E-state index in [4.69, 9.17) is 8.37 Å². The molecule has 1 aromatic heterocycles. The molecule has 0 radical (unpaired) electrons. The van der Waals surface area contributed by atoms with E-state index in [2.05, 4.69) is 39.0 Å². The highest BCUT2D eigenvalue weighted by molar-refractivity contribution is 7.94.